The molecule has 9 heteroatoms. The molecule has 2 aromatic carbocycles. The van der Waals surface area contributed by atoms with Gasteiger partial charge in [-0.25, -0.2) is 4.79 Å². The first-order valence-electron chi connectivity index (χ1n) is 8.35. The summed E-state index contributed by atoms with van der Waals surface area (Å²) in [7, 11) is 0. The van der Waals surface area contributed by atoms with E-state index in [1.165, 1.54) is 24.3 Å². The van der Waals surface area contributed by atoms with Gasteiger partial charge in [0.05, 0.1) is 11.0 Å². The van der Waals surface area contributed by atoms with Crippen molar-refractivity contribution in [2.75, 3.05) is 6.79 Å². The number of nitro benzene ring substituents is 1. The molecule has 0 bridgehead atoms. The molecule has 9 nitrogen and oxygen atoms in total. The Morgan fingerprint density at radius 3 is 2.71 bits per heavy atom. The molecule has 1 aliphatic heterocycles. The number of benzene rings is 2. The fourth-order valence-electron chi connectivity index (χ4n) is 2.92. The van der Waals surface area contributed by atoms with E-state index in [9.17, 15) is 19.7 Å². The van der Waals surface area contributed by atoms with Gasteiger partial charge in [0, 0.05) is 17.5 Å². The number of carbonyl (C=O) groups excluding carboxylic acids is 1. The second kappa shape index (κ2) is 6.69. The molecule has 1 N–H and O–H groups in total. The van der Waals surface area contributed by atoms with Crippen LogP contribution in [0.1, 0.15) is 28.9 Å². The predicted octanol–water partition coefficient (Wildman–Crippen LogP) is 2.92. The van der Waals surface area contributed by atoms with Crippen LogP contribution in [0.5, 0.6) is 11.5 Å². The van der Waals surface area contributed by atoms with Gasteiger partial charge in [0.15, 0.2) is 11.5 Å². The van der Waals surface area contributed by atoms with Crippen LogP contribution in [-0.4, -0.2) is 17.6 Å². The lowest BCUT2D eigenvalue weighted by Gasteiger charge is -2.14. The van der Waals surface area contributed by atoms with Gasteiger partial charge in [-0.15, -0.1) is 0 Å². The third kappa shape index (κ3) is 3.13. The molecule has 0 saturated carbocycles. The molecule has 1 amide bonds. The Morgan fingerprint density at radius 1 is 1.14 bits per heavy atom. The summed E-state index contributed by atoms with van der Waals surface area (Å²) < 4.78 is 15.7. The summed E-state index contributed by atoms with van der Waals surface area (Å²) >= 11 is 0. The Balaban J connectivity index is 1.61. The van der Waals surface area contributed by atoms with Crippen molar-refractivity contribution in [3.8, 4) is 11.5 Å². The molecule has 1 atom stereocenters. The highest BCUT2D eigenvalue weighted by Gasteiger charge is 2.20. The topological polar surface area (TPSA) is 121 Å². The van der Waals surface area contributed by atoms with Crippen LogP contribution in [-0.2, 0) is 0 Å². The number of hydrogen-bond donors (Lipinski definition) is 1. The summed E-state index contributed by atoms with van der Waals surface area (Å²) in [5.41, 5.74) is -0.298. The van der Waals surface area contributed by atoms with Crippen molar-refractivity contribution in [2.45, 2.75) is 13.0 Å². The van der Waals surface area contributed by atoms with Crippen LogP contribution in [0.4, 0.5) is 5.69 Å². The number of nitrogens with one attached hydrogen (secondary N) is 1. The van der Waals surface area contributed by atoms with E-state index >= 15 is 0 Å². The van der Waals surface area contributed by atoms with Gasteiger partial charge in [-0.1, -0.05) is 6.07 Å². The molecule has 0 aliphatic carbocycles. The minimum absolute atomic E-state index is 0.143. The lowest BCUT2D eigenvalue weighted by Crippen LogP contribution is -2.30. The monoisotopic (exact) mass is 382 g/mol. The summed E-state index contributed by atoms with van der Waals surface area (Å²) in [5, 5.41) is 13.9. The highest BCUT2D eigenvalue weighted by molar-refractivity contribution is 5.97. The summed E-state index contributed by atoms with van der Waals surface area (Å²) in [6.45, 7) is 1.90. The molecule has 1 aromatic heterocycles. The molecule has 0 fully saturated rings. The predicted molar refractivity (Wildman–Crippen MR) is 97.6 cm³/mol. The number of ether oxygens (including phenoxy) is 2. The highest BCUT2D eigenvalue weighted by atomic mass is 16.7. The Morgan fingerprint density at radius 2 is 1.93 bits per heavy atom. The van der Waals surface area contributed by atoms with E-state index in [2.05, 4.69) is 5.32 Å². The standard InChI is InChI=1S/C19H14N2O7/c1-10(11-2-4-16-17(8-11)27-9-26-16)20-18(22)14-7-12-6-13(21(24)25)3-5-15(12)28-19(14)23/h2-8,10H,9H2,1H3,(H,20,22)/t10-/m0/s1. The van der Waals surface area contributed by atoms with Crippen LogP contribution in [0.15, 0.2) is 51.7 Å². The second-order valence-corrected chi connectivity index (χ2v) is 6.23. The van der Waals surface area contributed by atoms with E-state index in [4.69, 9.17) is 13.9 Å². The number of hydrogen-bond acceptors (Lipinski definition) is 7. The van der Waals surface area contributed by atoms with Crippen molar-refractivity contribution in [3.05, 3.63) is 74.1 Å². The maximum atomic E-state index is 12.6. The van der Waals surface area contributed by atoms with E-state index in [0.717, 1.165) is 5.56 Å². The minimum atomic E-state index is -0.822. The van der Waals surface area contributed by atoms with E-state index < -0.39 is 22.5 Å². The summed E-state index contributed by atoms with van der Waals surface area (Å²) in [6.07, 6.45) is 0. The highest BCUT2D eigenvalue weighted by Crippen LogP contribution is 2.34. The lowest BCUT2D eigenvalue weighted by atomic mass is 10.1. The van der Waals surface area contributed by atoms with Gasteiger partial charge in [-0.3, -0.25) is 14.9 Å². The molecule has 28 heavy (non-hydrogen) atoms. The fourth-order valence-corrected chi connectivity index (χ4v) is 2.92. The fraction of sp³-hybridized carbons (Fsp3) is 0.158. The third-order valence-electron chi connectivity index (χ3n) is 4.42. The molecular weight excluding hydrogens is 368 g/mol. The molecule has 3 aromatic rings. The zero-order valence-electron chi connectivity index (χ0n) is 14.6. The Labute approximate surface area is 157 Å². The van der Waals surface area contributed by atoms with Crippen LogP contribution in [0.2, 0.25) is 0 Å². The number of carbonyl (C=O) groups is 1. The van der Waals surface area contributed by atoms with E-state index in [0.29, 0.717) is 11.5 Å². The minimum Gasteiger partial charge on any atom is -0.454 e. The van der Waals surface area contributed by atoms with Gasteiger partial charge >= 0.3 is 5.63 Å². The zero-order valence-corrected chi connectivity index (χ0v) is 14.6. The maximum Gasteiger partial charge on any atom is 0.349 e. The number of non-ortho nitro benzene ring substituents is 1. The summed E-state index contributed by atoms with van der Waals surface area (Å²) in [6, 6.07) is 9.93. The van der Waals surface area contributed by atoms with Gasteiger partial charge in [0.1, 0.15) is 11.1 Å². The van der Waals surface area contributed by atoms with Gasteiger partial charge in [0.25, 0.3) is 11.6 Å². The molecular formula is C19H14N2O7. The van der Waals surface area contributed by atoms with Crippen molar-refractivity contribution in [1.82, 2.24) is 5.32 Å². The molecule has 1 aliphatic rings. The quantitative estimate of drug-likeness (QED) is 0.418. The number of nitro groups is 1. The normalized spacial score (nSPS) is 13.3. The largest absolute Gasteiger partial charge is 0.454 e. The molecule has 4 rings (SSSR count). The first-order valence-corrected chi connectivity index (χ1v) is 8.35. The second-order valence-electron chi connectivity index (χ2n) is 6.23. The molecule has 0 saturated heterocycles. The van der Waals surface area contributed by atoms with E-state index in [-0.39, 0.29) is 29.0 Å². The van der Waals surface area contributed by atoms with Crippen LogP contribution in [0.25, 0.3) is 11.0 Å². The average Bonchev–Trinajstić information content (AvgIpc) is 3.14. The Kier molecular flexibility index (Phi) is 4.19. The number of amides is 1. The van der Waals surface area contributed by atoms with Crippen molar-refractivity contribution in [1.29, 1.82) is 0 Å². The number of fused-ring (bicyclic) bond motifs is 2. The number of rotatable bonds is 4. The summed E-state index contributed by atoms with van der Waals surface area (Å²) in [4.78, 5) is 35.1. The molecule has 0 unspecified atom stereocenters. The van der Waals surface area contributed by atoms with Gasteiger partial charge in [-0.2, -0.15) is 0 Å². The first kappa shape index (κ1) is 17.5. The van der Waals surface area contributed by atoms with Crippen LogP contribution in [0, 0.1) is 10.1 Å². The molecule has 0 radical (unpaired) electrons. The summed E-state index contributed by atoms with van der Waals surface area (Å²) in [5.74, 6) is 0.558. The van der Waals surface area contributed by atoms with Crippen molar-refractivity contribution < 1.29 is 23.6 Å². The van der Waals surface area contributed by atoms with Crippen molar-refractivity contribution in [2.24, 2.45) is 0 Å². The Bertz CT molecular complexity index is 1170. The molecule has 142 valence electrons. The van der Waals surface area contributed by atoms with Crippen molar-refractivity contribution >= 4 is 22.6 Å². The van der Waals surface area contributed by atoms with E-state index in [1.54, 1.807) is 25.1 Å². The molecule has 0 spiro atoms. The van der Waals surface area contributed by atoms with Crippen LogP contribution in [0.3, 0.4) is 0 Å². The Hall–Kier alpha value is -3.88. The van der Waals surface area contributed by atoms with Gasteiger partial charge in [-0.05, 0) is 36.8 Å². The van der Waals surface area contributed by atoms with Crippen LogP contribution >= 0.6 is 0 Å². The first-order chi connectivity index (χ1) is 13.4. The van der Waals surface area contributed by atoms with Crippen LogP contribution < -0.4 is 20.4 Å². The zero-order chi connectivity index (χ0) is 19.8. The van der Waals surface area contributed by atoms with Crippen molar-refractivity contribution in [3.63, 3.8) is 0 Å². The average molecular weight is 382 g/mol. The molecule has 2 heterocycles. The smallest absolute Gasteiger partial charge is 0.349 e. The van der Waals surface area contributed by atoms with E-state index in [1.807, 2.05) is 0 Å². The lowest BCUT2D eigenvalue weighted by molar-refractivity contribution is -0.384. The maximum absolute atomic E-state index is 12.6. The SMILES string of the molecule is C[C@H](NC(=O)c1cc2cc([N+](=O)[O-])ccc2oc1=O)c1ccc2c(c1)OCO2. The van der Waals surface area contributed by atoms with Gasteiger partial charge < -0.3 is 19.2 Å². The van der Waals surface area contributed by atoms with Gasteiger partial charge in [0.2, 0.25) is 6.79 Å². The number of nitrogens with zero attached hydrogens (tertiary/aromatic N) is 1. The third-order valence-corrected chi connectivity index (χ3v) is 4.42.